The van der Waals surface area contributed by atoms with E-state index in [1.54, 1.807) is 32.9 Å². The largest absolute Gasteiger partial charge is 0.444 e. The molecule has 0 bridgehead atoms. The number of alkyl carbamates (subject to hydrolysis) is 1. The fourth-order valence-corrected chi connectivity index (χ4v) is 2.41. The second kappa shape index (κ2) is 10.2. The minimum Gasteiger partial charge on any atom is -0.444 e. The second-order valence-corrected chi connectivity index (χ2v) is 8.85. The van der Waals surface area contributed by atoms with Gasteiger partial charge in [-0.2, -0.15) is 0 Å². The lowest BCUT2D eigenvalue weighted by molar-refractivity contribution is -0.135. The van der Waals surface area contributed by atoms with Crippen molar-refractivity contribution in [2.75, 3.05) is 19.6 Å². The van der Waals surface area contributed by atoms with Gasteiger partial charge in [0, 0.05) is 12.1 Å². The molecule has 0 heterocycles. The Morgan fingerprint density at radius 2 is 1.62 bits per heavy atom. The molecule has 0 saturated carbocycles. The molecule has 1 aromatic rings. The number of ether oxygens (including phenoxy) is 1. The molecule has 162 valence electrons. The summed E-state index contributed by atoms with van der Waals surface area (Å²) < 4.78 is 18.2. The highest BCUT2D eigenvalue weighted by Gasteiger charge is 2.22. The maximum Gasteiger partial charge on any atom is 0.408 e. The third-order valence-corrected chi connectivity index (χ3v) is 3.57. The third kappa shape index (κ3) is 11.1. The number of carbonyl (C=O) groups is 3. The normalized spacial score (nSPS) is 11.6. The van der Waals surface area contributed by atoms with Gasteiger partial charge in [0.25, 0.3) is 0 Å². The zero-order valence-electron chi connectivity index (χ0n) is 18.1. The van der Waals surface area contributed by atoms with Gasteiger partial charge in [-0.15, -0.1) is 0 Å². The van der Waals surface area contributed by atoms with E-state index in [2.05, 4.69) is 10.6 Å². The van der Waals surface area contributed by atoms with Gasteiger partial charge < -0.3 is 20.3 Å². The predicted octanol–water partition coefficient (Wildman–Crippen LogP) is 2.64. The molecule has 3 amide bonds. The van der Waals surface area contributed by atoms with Gasteiger partial charge in [-0.1, -0.05) is 12.1 Å². The summed E-state index contributed by atoms with van der Waals surface area (Å²) in [5, 5.41) is 5.22. The van der Waals surface area contributed by atoms with Gasteiger partial charge in [-0.3, -0.25) is 9.59 Å². The maximum atomic E-state index is 13.1. The predicted molar refractivity (Wildman–Crippen MR) is 109 cm³/mol. The first-order valence-corrected chi connectivity index (χ1v) is 9.55. The highest BCUT2D eigenvalue weighted by atomic mass is 19.1. The molecule has 1 aromatic carbocycles. The molecular formula is C21H32FN3O4. The maximum absolute atomic E-state index is 13.1. The molecule has 7 nitrogen and oxygen atoms in total. The molecule has 0 radical (unpaired) electrons. The molecule has 0 aliphatic carbocycles. The lowest BCUT2D eigenvalue weighted by Crippen LogP contribution is -2.49. The van der Waals surface area contributed by atoms with E-state index in [0.29, 0.717) is 6.42 Å². The van der Waals surface area contributed by atoms with Crippen molar-refractivity contribution in [1.82, 2.24) is 15.5 Å². The zero-order chi connectivity index (χ0) is 22.2. The Balaban J connectivity index is 2.74. The first kappa shape index (κ1) is 24.4. The van der Waals surface area contributed by atoms with Crippen LogP contribution in [0.4, 0.5) is 9.18 Å². The number of nitrogens with one attached hydrogen (secondary N) is 2. The summed E-state index contributed by atoms with van der Waals surface area (Å²) in [5.74, 6) is -1.06. The molecule has 8 heteroatoms. The SMILES string of the molecule is CC(C)(C)NC(=O)CN(CCc1ccc(F)cc1)C(=O)CNC(=O)OC(C)(C)C. The molecule has 0 aliphatic rings. The van der Waals surface area contributed by atoms with E-state index in [1.165, 1.54) is 17.0 Å². The Hall–Kier alpha value is -2.64. The average molecular weight is 410 g/mol. The van der Waals surface area contributed by atoms with Crippen LogP contribution in [0.3, 0.4) is 0 Å². The van der Waals surface area contributed by atoms with Gasteiger partial charge in [0.05, 0.1) is 6.54 Å². The minimum absolute atomic E-state index is 0.146. The number of carbonyl (C=O) groups excluding carboxylic acids is 3. The average Bonchev–Trinajstić information content (AvgIpc) is 2.54. The lowest BCUT2D eigenvalue weighted by Gasteiger charge is -2.26. The van der Waals surface area contributed by atoms with Crippen LogP contribution in [-0.4, -0.2) is 53.6 Å². The van der Waals surface area contributed by atoms with E-state index in [1.807, 2.05) is 20.8 Å². The number of nitrogens with zero attached hydrogens (tertiary/aromatic N) is 1. The van der Waals surface area contributed by atoms with E-state index in [0.717, 1.165) is 5.56 Å². The second-order valence-electron chi connectivity index (χ2n) is 8.85. The number of amides is 3. The summed E-state index contributed by atoms with van der Waals surface area (Å²) in [6, 6.07) is 5.95. The topological polar surface area (TPSA) is 87.7 Å². The van der Waals surface area contributed by atoms with Gasteiger partial charge in [0.2, 0.25) is 11.8 Å². The Bertz CT molecular complexity index is 706. The van der Waals surface area contributed by atoms with Crippen molar-refractivity contribution in [1.29, 1.82) is 0 Å². The van der Waals surface area contributed by atoms with Crippen molar-refractivity contribution in [3.8, 4) is 0 Å². The summed E-state index contributed by atoms with van der Waals surface area (Å²) in [7, 11) is 0. The van der Waals surface area contributed by atoms with E-state index in [9.17, 15) is 18.8 Å². The van der Waals surface area contributed by atoms with Crippen LogP contribution in [0.1, 0.15) is 47.1 Å². The van der Waals surface area contributed by atoms with Gasteiger partial charge in [-0.05, 0) is 65.7 Å². The number of hydrogen-bond donors (Lipinski definition) is 2. The first-order chi connectivity index (χ1) is 13.2. The molecule has 0 fully saturated rings. The Kier molecular flexibility index (Phi) is 8.60. The van der Waals surface area contributed by atoms with Crippen LogP contribution in [0.2, 0.25) is 0 Å². The Labute approximate surface area is 172 Å². The van der Waals surface area contributed by atoms with E-state index in [-0.39, 0.29) is 31.4 Å². The summed E-state index contributed by atoms with van der Waals surface area (Å²) in [5.41, 5.74) is -0.278. The van der Waals surface area contributed by atoms with Gasteiger partial charge >= 0.3 is 6.09 Å². The fraction of sp³-hybridized carbons (Fsp3) is 0.571. The monoisotopic (exact) mass is 409 g/mol. The first-order valence-electron chi connectivity index (χ1n) is 9.55. The van der Waals surface area contributed by atoms with Crippen molar-refractivity contribution in [3.05, 3.63) is 35.6 Å². The number of benzene rings is 1. The minimum atomic E-state index is -0.705. The van der Waals surface area contributed by atoms with Crippen LogP contribution in [0, 0.1) is 5.82 Å². The molecule has 1 rings (SSSR count). The van der Waals surface area contributed by atoms with E-state index >= 15 is 0 Å². The molecule has 29 heavy (non-hydrogen) atoms. The standard InChI is InChI=1S/C21H32FN3O4/c1-20(2,3)24-17(26)14-25(12-11-15-7-9-16(22)10-8-15)18(27)13-23-19(28)29-21(4,5)6/h7-10H,11-14H2,1-6H3,(H,23,28)(H,24,26). The smallest absolute Gasteiger partial charge is 0.408 e. The van der Waals surface area contributed by atoms with Crippen molar-refractivity contribution in [3.63, 3.8) is 0 Å². The highest BCUT2D eigenvalue weighted by molar-refractivity contribution is 5.87. The van der Waals surface area contributed by atoms with Gasteiger partial charge in [0.15, 0.2) is 0 Å². The van der Waals surface area contributed by atoms with Crippen LogP contribution in [0.15, 0.2) is 24.3 Å². The molecule has 0 aromatic heterocycles. The molecule has 0 spiro atoms. The molecular weight excluding hydrogens is 377 g/mol. The third-order valence-electron chi connectivity index (χ3n) is 3.57. The summed E-state index contributed by atoms with van der Waals surface area (Å²) in [6.07, 6.45) is -0.259. The van der Waals surface area contributed by atoms with Crippen LogP contribution >= 0.6 is 0 Å². The van der Waals surface area contributed by atoms with E-state index < -0.39 is 23.1 Å². The summed E-state index contributed by atoms with van der Waals surface area (Å²) in [6.45, 7) is 10.5. The summed E-state index contributed by atoms with van der Waals surface area (Å²) >= 11 is 0. The number of rotatable bonds is 7. The highest BCUT2D eigenvalue weighted by Crippen LogP contribution is 2.07. The Morgan fingerprint density at radius 3 is 2.14 bits per heavy atom. The molecule has 0 atom stereocenters. The number of halogens is 1. The van der Waals surface area contributed by atoms with E-state index in [4.69, 9.17) is 4.74 Å². The lowest BCUT2D eigenvalue weighted by atomic mass is 10.1. The van der Waals surface area contributed by atoms with Crippen LogP contribution < -0.4 is 10.6 Å². The fourth-order valence-electron chi connectivity index (χ4n) is 2.41. The van der Waals surface area contributed by atoms with Gasteiger partial charge in [0.1, 0.15) is 18.0 Å². The van der Waals surface area contributed by atoms with Crippen LogP contribution in [0.25, 0.3) is 0 Å². The number of hydrogen-bond acceptors (Lipinski definition) is 4. The molecule has 2 N–H and O–H groups in total. The van der Waals surface area contributed by atoms with Crippen molar-refractivity contribution >= 4 is 17.9 Å². The van der Waals surface area contributed by atoms with Crippen molar-refractivity contribution < 1.29 is 23.5 Å². The van der Waals surface area contributed by atoms with Crippen molar-refractivity contribution in [2.45, 2.75) is 59.1 Å². The van der Waals surface area contributed by atoms with Crippen molar-refractivity contribution in [2.24, 2.45) is 0 Å². The summed E-state index contributed by atoms with van der Waals surface area (Å²) in [4.78, 5) is 38.0. The quantitative estimate of drug-likeness (QED) is 0.725. The zero-order valence-corrected chi connectivity index (χ0v) is 18.1. The molecule has 0 saturated heterocycles. The Morgan fingerprint density at radius 1 is 1.03 bits per heavy atom. The van der Waals surface area contributed by atoms with Crippen LogP contribution in [0.5, 0.6) is 0 Å². The molecule has 0 unspecified atom stereocenters. The molecule has 0 aliphatic heterocycles. The van der Waals surface area contributed by atoms with Gasteiger partial charge in [-0.25, -0.2) is 9.18 Å². The van der Waals surface area contributed by atoms with Crippen LogP contribution in [-0.2, 0) is 20.7 Å².